The molecule has 176 valence electrons. The van der Waals surface area contributed by atoms with Crippen molar-refractivity contribution in [2.24, 2.45) is 0 Å². The van der Waals surface area contributed by atoms with E-state index in [9.17, 15) is 4.79 Å². The summed E-state index contributed by atoms with van der Waals surface area (Å²) in [6, 6.07) is 21.1. The maximum Gasteiger partial charge on any atom is 0.209 e. The van der Waals surface area contributed by atoms with Crippen molar-refractivity contribution in [1.82, 2.24) is 9.55 Å². The quantitative estimate of drug-likeness (QED) is 0.377. The van der Waals surface area contributed by atoms with Crippen molar-refractivity contribution >= 4 is 34.4 Å². The molecular weight excluding hydrogens is 462 g/mol. The first-order valence-corrected chi connectivity index (χ1v) is 11.9. The minimum atomic E-state index is -0.367. The lowest BCUT2D eigenvalue weighted by Crippen LogP contribution is -2.33. The molecule has 2 atom stereocenters. The average Bonchev–Trinajstić information content (AvgIpc) is 3.25. The molecule has 35 heavy (non-hydrogen) atoms. The summed E-state index contributed by atoms with van der Waals surface area (Å²) >= 11 is 6.10. The van der Waals surface area contributed by atoms with Crippen molar-refractivity contribution in [3.05, 3.63) is 94.1 Å². The maximum atomic E-state index is 13.8. The number of fused-ring (bicyclic) bond motifs is 3. The van der Waals surface area contributed by atoms with Crippen LogP contribution in [0.1, 0.15) is 35.9 Å². The number of ketones is 1. The van der Waals surface area contributed by atoms with Crippen LogP contribution in [0.15, 0.2) is 78.0 Å². The first-order chi connectivity index (χ1) is 17.1. The normalized spacial score (nSPS) is 19.2. The van der Waals surface area contributed by atoms with Gasteiger partial charge in [0.25, 0.3) is 0 Å². The van der Waals surface area contributed by atoms with E-state index in [1.54, 1.807) is 14.2 Å². The smallest absolute Gasteiger partial charge is 0.209 e. The number of carbonyl (C=O) groups is 1. The lowest BCUT2D eigenvalue weighted by Gasteiger charge is -2.36. The van der Waals surface area contributed by atoms with Gasteiger partial charge in [-0.05, 0) is 54.3 Å². The second-order valence-electron chi connectivity index (χ2n) is 8.90. The molecule has 6 nitrogen and oxygen atoms in total. The van der Waals surface area contributed by atoms with Gasteiger partial charge in [-0.2, -0.15) is 0 Å². The summed E-state index contributed by atoms with van der Waals surface area (Å²) in [6.45, 7) is 0. The number of Topliss-reactive ketones (excluding diaryl/α,β-unsaturated/α-hetero) is 1. The predicted molar refractivity (Wildman–Crippen MR) is 137 cm³/mol. The number of imidazole rings is 1. The van der Waals surface area contributed by atoms with E-state index in [0.717, 1.165) is 39.4 Å². The topological polar surface area (TPSA) is 65.4 Å². The van der Waals surface area contributed by atoms with E-state index in [1.807, 2.05) is 66.7 Å². The number of para-hydroxylation sites is 2. The van der Waals surface area contributed by atoms with Gasteiger partial charge in [0.15, 0.2) is 5.78 Å². The molecule has 0 amide bonds. The summed E-state index contributed by atoms with van der Waals surface area (Å²) in [7, 11) is 3.27. The van der Waals surface area contributed by atoms with Crippen LogP contribution in [0, 0.1) is 0 Å². The van der Waals surface area contributed by atoms with E-state index in [2.05, 4.69) is 9.88 Å². The number of rotatable bonds is 4. The zero-order valence-electron chi connectivity index (χ0n) is 19.4. The minimum Gasteiger partial charge on any atom is -0.497 e. The monoisotopic (exact) mass is 485 g/mol. The molecule has 0 bridgehead atoms. The lowest BCUT2D eigenvalue weighted by atomic mass is 9.77. The maximum absolute atomic E-state index is 13.8. The summed E-state index contributed by atoms with van der Waals surface area (Å²) in [6.07, 6.45) is 1.14. The molecule has 0 fully saturated rings. The number of ether oxygens (including phenoxy) is 2. The molecule has 3 aromatic carbocycles. The molecular formula is C28H24ClN3O3. The molecule has 1 N–H and O–H groups in total. The highest BCUT2D eigenvalue weighted by Crippen LogP contribution is 2.48. The molecule has 1 aliphatic heterocycles. The third-order valence-corrected chi connectivity index (χ3v) is 7.23. The zero-order valence-corrected chi connectivity index (χ0v) is 20.2. The molecule has 1 aliphatic carbocycles. The number of benzene rings is 3. The second kappa shape index (κ2) is 8.47. The molecule has 2 heterocycles. The van der Waals surface area contributed by atoms with Gasteiger partial charge in [-0.25, -0.2) is 4.98 Å². The number of hydrogen-bond acceptors (Lipinski definition) is 5. The van der Waals surface area contributed by atoms with Gasteiger partial charge in [-0.1, -0.05) is 35.9 Å². The number of aromatic nitrogens is 2. The van der Waals surface area contributed by atoms with E-state index < -0.39 is 0 Å². The minimum absolute atomic E-state index is 0.0698. The first kappa shape index (κ1) is 21.7. The SMILES string of the molecule is COc1ccc(C2C3=C(CC(c4ccc(Cl)cc4)CC3=O)Nc3nc4ccccc4n32)c(OC)c1. The molecule has 7 heteroatoms. The number of hydrogen-bond donors (Lipinski definition) is 1. The van der Waals surface area contributed by atoms with Crippen molar-refractivity contribution in [2.45, 2.75) is 24.8 Å². The van der Waals surface area contributed by atoms with Crippen molar-refractivity contribution in [1.29, 1.82) is 0 Å². The van der Waals surface area contributed by atoms with Crippen LogP contribution in [-0.2, 0) is 4.79 Å². The second-order valence-corrected chi connectivity index (χ2v) is 9.34. The predicted octanol–water partition coefficient (Wildman–Crippen LogP) is 6.12. The number of nitrogens with one attached hydrogen (secondary N) is 1. The van der Waals surface area contributed by atoms with Crippen LogP contribution in [0.2, 0.25) is 5.02 Å². The van der Waals surface area contributed by atoms with Crippen molar-refractivity contribution in [3.8, 4) is 11.5 Å². The molecule has 6 rings (SSSR count). The van der Waals surface area contributed by atoms with Crippen molar-refractivity contribution < 1.29 is 14.3 Å². The van der Waals surface area contributed by atoms with Gasteiger partial charge in [0.1, 0.15) is 11.5 Å². The Morgan fingerprint density at radius 1 is 1.00 bits per heavy atom. The molecule has 0 spiro atoms. The van der Waals surface area contributed by atoms with Crippen LogP contribution in [0.3, 0.4) is 0 Å². The van der Waals surface area contributed by atoms with Crippen LogP contribution in [-0.4, -0.2) is 29.6 Å². The average molecular weight is 486 g/mol. The highest BCUT2D eigenvalue weighted by molar-refractivity contribution is 6.30. The fraction of sp³-hybridized carbons (Fsp3) is 0.214. The van der Waals surface area contributed by atoms with Gasteiger partial charge in [0.05, 0.1) is 31.3 Å². The standard InChI is InChI=1S/C28H24ClN3O3/c1-34-19-11-12-20(25(15-19)35-2)27-26-22(31-28-30-21-5-3-4-6-23(21)32(27)28)13-17(14-24(26)33)16-7-9-18(29)10-8-16/h3-12,15,17,27H,13-14H2,1-2H3,(H,30,31). The summed E-state index contributed by atoms with van der Waals surface area (Å²) < 4.78 is 13.3. The molecule has 4 aromatic rings. The van der Waals surface area contributed by atoms with E-state index in [4.69, 9.17) is 26.1 Å². The van der Waals surface area contributed by atoms with Crippen molar-refractivity contribution in [3.63, 3.8) is 0 Å². The van der Waals surface area contributed by atoms with Gasteiger partial charge in [-0.3, -0.25) is 9.36 Å². The van der Waals surface area contributed by atoms with Gasteiger partial charge >= 0.3 is 0 Å². The Morgan fingerprint density at radius 3 is 2.57 bits per heavy atom. The third-order valence-electron chi connectivity index (χ3n) is 6.97. The summed E-state index contributed by atoms with van der Waals surface area (Å²) in [4.78, 5) is 18.7. The van der Waals surface area contributed by atoms with Gasteiger partial charge in [0, 0.05) is 34.3 Å². The van der Waals surface area contributed by atoms with E-state index >= 15 is 0 Å². The Labute approximate surface area is 208 Å². The van der Waals surface area contributed by atoms with Crippen LogP contribution >= 0.6 is 11.6 Å². The van der Waals surface area contributed by atoms with Gasteiger partial charge in [0.2, 0.25) is 5.95 Å². The zero-order chi connectivity index (χ0) is 24.1. The van der Waals surface area contributed by atoms with Crippen LogP contribution in [0.5, 0.6) is 11.5 Å². The number of carbonyl (C=O) groups excluding carboxylic acids is 1. The molecule has 2 unspecified atom stereocenters. The molecule has 0 saturated heterocycles. The Balaban J connectivity index is 1.54. The number of anilines is 1. The number of methoxy groups -OCH3 is 2. The number of nitrogens with zero attached hydrogens (tertiary/aromatic N) is 2. The summed E-state index contributed by atoms with van der Waals surface area (Å²) in [5.74, 6) is 2.27. The lowest BCUT2D eigenvalue weighted by molar-refractivity contribution is -0.116. The third kappa shape index (κ3) is 3.56. The number of allylic oxidation sites excluding steroid dienone is 2. The largest absolute Gasteiger partial charge is 0.497 e. The molecule has 1 aromatic heterocycles. The number of halogens is 1. The van der Waals surface area contributed by atoms with Gasteiger partial charge < -0.3 is 14.8 Å². The highest BCUT2D eigenvalue weighted by atomic mass is 35.5. The van der Waals surface area contributed by atoms with E-state index in [0.29, 0.717) is 29.4 Å². The Bertz CT molecular complexity index is 1490. The van der Waals surface area contributed by atoms with E-state index in [1.165, 1.54) is 0 Å². The molecule has 0 radical (unpaired) electrons. The van der Waals surface area contributed by atoms with Crippen molar-refractivity contribution in [2.75, 3.05) is 19.5 Å². The summed E-state index contributed by atoms with van der Waals surface area (Å²) in [5, 5.41) is 4.20. The van der Waals surface area contributed by atoms with Crippen LogP contribution in [0.25, 0.3) is 11.0 Å². The molecule has 0 saturated carbocycles. The Morgan fingerprint density at radius 2 is 1.80 bits per heavy atom. The fourth-order valence-corrected chi connectivity index (χ4v) is 5.46. The Kier molecular flexibility index (Phi) is 5.26. The highest BCUT2D eigenvalue weighted by Gasteiger charge is 2.40. The van der Waals surface area contributed by atoms with Gasteiger partial charge in [-0.15, -0.1) is 0 Å². The van der Waals surface area contributed by atoms with Crippen LogP contribution in [0.4, 0.5) is 5.95 Å². The fourth-order valence-electron chi connectivity index (χ4n) is 5.33. The molecule has 2 aliphatic rings. The Hall–Kier alpha value is -3.77. The first-order valence-electron chi connectivity index (χ1n) is 11.5. The van der Waals surface area contributed by atoms with Crippen LogP contribution < -0.4 is 14.8 Å². The van der Waals surface area contributed by atoms with E-state index in [-0.39, 0.29) is 17.7 Å². The summed E-state index contributed by atoms with van der Waals surface area (Å²) in [5.41, 5.74) is 5.49.